The Kier molecular flexibility index (Phi) is 9.02. The van der Waals surface area contributed by atoms with Crippen LogP contribution in [-0.2, 0) is 14.3 Å². The Bertz CT molecular complexity index is 1180. The van der Waals surface area contributed by atoms with Gasteiger partial charge in [0.05, 0.1) is 18.2 Å². The van der Waals surface area contributed by atoms with Gasteiger partial charge in [0, 0.05) is 51.9 Å². The molecule has 9 heteroatoms. The Balaban J connectivity index is 1.66. The van der Waals surface area contributed by atoms with Gasteiger partial charge in [0.15, 0.2) is 0 Å². The molecule has 1 fully saturated rings. The van der Waals surface area contributed by atoms with E-state index in [4.69, 9.17) is 9.47 Å². The Morgan fingerprint density at radius 3 is 2.47 bits per heavy atom. The van der Waals surface area contributed by atoms with Crippen LogP contribution in [-0.4, -0.2) is 79.0 Å². The average Bonchev–Trinajstić information content (AvgIpc) is 3.17. The standard InChI is InChI=1S/C29H36N4O5/c1-4-25(34)33-16-10-15-32(17-18-33)20-24-26(28(35)37-5-2)27(30-29(36)31(24)3)21-11-9-14-23(19-21)38-22-12-7-6-8-13-22/h6-9,11-14,19,27H,4-5,10,15-18,20H2,1-3H3,(H,30,36). The van der Waals surface area contributed by atoms with Gasteiger partial charge in [-0.3, -0.25) is 14.6 Å². The zero-order valence-electron chi connectivity index (χ0n) is 22.3. The Labute approximate surface area is 224 Å². The lowest BCUT2D eigenvalue weighted by molar-refractivity contribution is -0.139. The topological polar surface area (TPSA) is 91.4 Å². The minimum atomic E-state index is -0.697. The number of nitrogens with one attached hydrogen (secondary N) is 1. The van der Waals surface area contributed by atoms with Crippen LogP contribution in [0, 0.1) is 0 Å². The normalized spacial score (nSPS) is 18.6. The summed E-state index contributed by atoms with van der Waals surface area (Å²) >= 11 is 0. The molecule has 2 aliphatic rings. The summed E-state index contributed by atoms with van der Waals surface area (Å²) in [6.07, 6.45) is 1.31. The molecule has 1 N–H and O–H groups in total. The summed E-state index contributed by atoms with van der Waals surface area (Å²) in [6.45, 7) is 6.99. The van der Waals surface area contributed by atoms with Crippen molar-refractivity contribution in [3.05, 3.63) is 71.4 Å². The van der Waals surface area contributed by atoms with Gasteiger partial charge < -0.3 is 19.7 Å². The zero-order valence-corrected chi connectivity index (χ0v) is 22.3. The molecule has 202 valence electrons. The van der Waals surface area contributed by atoms with E-state index < -0.39 is 12.0 Å². The van der Waals surface area contributed by atoms with Crippen molar-refractivity contribution in [3.63, 3.8) is 0 Å². The van der Waals surface area contributed by atoms with E-state index in [0.717, 1.165) is 18.5 Å². The molecule has 1 saturated heterocycles. The molecule has 4 rings (SSSR count). The van der Waals surface area contributed by atoms with Crippen LogP contribution >= 0.6 is 0 Å². The van der Waals surface area contributed by atoms with Crippen LogP contribution < -0.4 is 10.1 Å². The first-order valence-corrected chi connectivity index (χ1v) is 13.2. The molecule has 1 unspecified atom stereocenters. The van der Waals surface area contributed by atoms with Gasteiger partial charge >= 0.3 is 12.0 Å². The molecule has 2 aliphatic heterocycles. The predicted molar refractivity (Wildman–Crippen MR) is 144 cm³/mol. The van der Waals surface area contributed by atoms with Crippen LogP contribution in [0.4, 0.5) is 4.79 Å². The van der Waals surface area contributed by atoms with Crippen molar-refractivity contribution in [2.75, 3.05) is 46.4 Å². The van der Waals surface area contributed by atoms with Gasteiger partial charge in [0.25, 0.3) is 0 Å². The number of amides is 3. The number of esters is 1. The number of para-hydroxylation sites is 1. The highest BCUT2D eigenvalue weighted by Gasteiger charge is 2.37. The number of nitrogens with zero attached hydrogens (tertiary/aromatic N) is 3. The fourth-order valence-corrected chi connectivity index (χ4v) is 4.84. The average molecular weight is 521 g/mol. The van der Waals surface area contributed by atoms with Crippen LogP contribution in [0.2, 0.25) is 0 Å². The van der Waals surface area contributed by atoms with Crippen molar-refractivity contribution in [2.45, 2.75) is 32.7 Å². The van der Waals surface area contributed by atoms with E-state index in [1.165, 1.54) is 4.90 Å². The third kappa shape index (κ3) is 6.34. The van der Waals surface area contributed by atoms with Gasteiger partial charge in [-0.15, -0.1) is 0 Å². The molecule has 38 heavy (non-hydrogen) atoms. The molecule has 2 heterocycles. The van der Waals surface area contributed by atoms with Crippen molar-refractivity contribution < 1.29 is 23.9 Å². The lowest BCUT2D eigenvalue weighted by atomic mass is 9.94. The molecule has 0 aliphatic carbocycles. The molecule has 0 radical (unpaired) electrons. The number of ether oxygens (including phenoxy) is 2. The molecule has 0 saturated carbocycles. The lowest BCUT2D eigenvalue weighted by Gasteiger charge is -2.36. The summed E-state index contributed by atoms with van der Waals surface area (Å²) in [4.78, 5) is 44.3. The quantitative estimate of drug-likeness (QED) is 0.531. The van der Waals surface area contributed by atoms with Crippen molar-refractivity contribution >= 4 is 17.9 Å². The SMILES string of the molecule is CCOC(=O)C1=C(CN2CCCN(C(=O)CC)CC2)N(C)C(=O)NC1c1cccc(Oc2ccccc2)c1. The fraction of sp³-hybridized carbons (Fsp3) is 0.414. The number of carbonyl (C=O) groups is 3. The minimum Gasteiger partial charge on any atom is -0.463 e. The highest BCUT2D eigenvalue weighted by atomic mass is 16.5. The molecule has 0 aromatic heterocycles. The van der Waals surface area contributed by atoms with E-state index in [1.54, 1.807) is 14.0 Å². The third-order valence-electron chi connectivity index (χ3n) is 6.86. The van der Waals surface area contributed by atoms with E-state index in [9.17, 15) is 14.4 Å². The fourth-order valence-electron chi connectivity index (χ4n) is 4.84. The smallest absolute Gasteiger partial charge is 0.338 e. The number of carbonyl (C=O) groups excluding carboxylic acids is 3. The third-order valence-corrected chi connectivity index (χ3v) is 6.86. The monoisotopic (exact) mass is 520 g/mol. The van der Waals surface area contributed by atoms with Crippen molar-refractivity contribution in [2.24, 2.45) is 0 Å². The van der Waals surface area contributed by atoms with Gasteiger partial charge in [-0.2, -0.15) is 0 Å². The molecular formula is C29H36N4O5. The summed E-state index contributed by atoms with van der Waals surface area (Å²) < 4.78 is 11.5. The van der Waals surface area contributed by atoms with Gasteiger partial charge in [0.2, 0.25) is 5.91 Å². The number of rotatable bonds is 8. The number of likely N-dealkylation sites (N-methyl/N-ethyl adjacent to an activating group) is 1. The van der Waals surface area contributed by atoms with Crippen LogP contribution in [0.1, 0.15) is 38.3 Å². The van der Waals surface area contributed by atoms with Crippen molar-refractivity contribution in [1.29, 1.82) is 0 Å². The molecule has 1 atom stereocenters. The summed E-state index contributed by atoms with van der Waals surface area (Å²) in [5, 5.41) is 2.97. The van der Waals surface area contributed by atoms with E-state index in [1.807, 2.05) is 66.4 Å². The predicted octanol–water partition coefficient (Wildman–Crippen LogP) is 3.94. The maximum absolute atomic E-state index is 13.3. The molecule has 0 bridgehead atoms. The number of hydrogen-bond donors (Lipinski definition) is 1. The summed E-state index contributed by atoms with van der Waals surface area (Å²) in [7, 11) is 1.67. The first-order chi connectivity index (χ1) is 18.4. The first-order valence-electron chi connectivity index (χ1n) is 13.2. The highest BCUT2D eigenvalue weighted by Crippen LogP contribution is 2.34. The number of urea groups is 1. The van der Waals surface area contributed by atoms with Crippen LogP contribution in [0.5, 0.6) is 11.5 Å². The second kappa shape index (κ2) is 12.6. The van der Waals surface area contributed by atoms with Crippen molar-refractivity contribution in [1.82, 2.24) is 20.0 Å². The number of benzene rings is 2. The maximum Gasteiger partial charge on any atom is 0.338 e. The van der Waals surface area contributed by atoms with Crippen LogP contribution in [0.15, 0.2) is 65.9 Å². The Morgan fingerprint density at radius 1 is 0.974 bits per heavy atom. The van der Waals surface area contributed by atoms with E-state index >= 15 is 0 Å². The Hall–Kier alpha value is -3.85. The second-order valence-electron chi connectivity index (χ2n) is 9.37. The molecule has 3 amide bonds. The molecule has 2 aromatic carbocycles. The molecular weight excluding hydrogens is 484 g/mol. The maximum atomic E-state index is 13.3. The summed E-state index contributed by atoms with van der Waals surface area (Å²) in [6, 6.07) is 15.8. The zero-order chi connectivity index (χ0) is 27.1. The summed E-state index contributed by atoms with van der Waals surface area (Å²) in [5.41, 5.74) is 1.72. The van der Waals surface area contributed by atoms with Gasteiger partial charge in [-0.05, 0) is 43.2 Å². The Morgan fingerprint density at radius 2 is 1.74 bits per heavy atom. The minimum absolute atomic E-state index is 0.144. The van der Waals surface area contributed by atoms with Gasteiger partial charge in [-0.1, -0.05) is 37.3 Å². The summed E-state index contributed by atoms with van der Waals surface area (Å²) in [5.74, 6) is 0.965. The van der Waals surface area contributed by atoms with Crippen LogP contribution in [0.3, 0.4) is 0 Å². The first kappa shape index (κ1) is 27.2. The van der Waals surface area contributed by atoms with E-state index in [-0.39, 0.29) is 18.5 Å². The van der Waals surface area contributed by atoms with Gasteiger partial charge in [0.1, 0.15) is 11.5 Å². The lowest BCUT2D eigenvalue weighted by Crippen LogP contribution is -2.49. The number of hydrogen-bond acceptors (Lipinski definition) is 6. The van der Waals surface area contributed by atoms with E-state index in [2.05, 4.69) is 10.2 Å². The van der Waals surface area contributed by atoms with E-state index in [0.29, 0.717) is 55.4 Å². The molecule has 9 nitrogen and oxygen atoms in total. The second-order valence-corrected chi connectivity index (χ2v) is 9.37. The van der Waals surface area contributed by atoms with Crippen LogP contribution in [0.25, 0.3) is 0 Å². The van der Waals surface area contributed by atoms with Crippen molar-refractivity contribution in [3.8, 4) is 11.5 Å². The molecule has 0 spiro atoms. The highest BCUT2D eigenvalue weighted by molar-refractivity contribution is 5.95. The molecule has 2 aromatic rings. The van der Waals surface area contributed by atoms with Gasteiger partial charge in [-0.25, -0.2) is 9.59 Å². The largest absolute Gasteiger partial charge is 0.463 e.